The van der Waals surface area contributed by atoms with E-state index in [1.54, 1.807) is 17.2 Å². The molecule has 35 heavy (non-hydrogen) atoms. The molecule has 2 amide bonds. The first kappa shape index (κ1) is 22.9. The maximum absolute atomic E-state index is 12.8. The maximum Gasteiger partial charge on any atom is 0.323 e. The zero-order valence-electron chi connectivity index (χ0n) is 20.0. The Labute approximate surface area is 204 Å². The molecule has 9 nitrogen and oxygen atoms in total. The Balaban J connectivity index is 1.40. The van der Waals surface area contributed by atoms with Crippen LogP contribution in [0.2, 0.25) is 0 Å². The van der Waals surface area contributed by atoms with E-state index in [0.717, 1.165) is 43.7 Å². The number of urea groups is 1. The van der Waals surface area contributed by atoms with Gasteiger partial charge in [-0.3, -0.25) is 4.90 Å². The van der Waals surface area contributed by atoms with Gasteiger partial charge in [-0.15, -0.1) is 6.42 Å². The summed E-state index contributed by atoms with van der Waals surface area (Å²) in [5.41, 5.74) is 1.64. The number of pyridine rings is 1. The number of nitrogens with zero attached hydrogens (tertiary/aromatic N) is 5. The number of ether oxygens (including phenoxy) is 1. The molecule has 180 valence electrons. The topological polar surface area (TPSA) is 95.5 Å². The number of aromatic nitrogens is 3. The third-order valence-electron chi connectivity index (χ3n) is 6.64. The van der Waals surface area contributed by atoms with Crippen molar-refractivity contribution in [3.05, 3.63) is 42.1 Å². The van der Waals surface area contributed by atoms with E-state index in [4.69, 9.17) is 16.1 Å². The summed E-state index contributed by atoms with van der Waals surface area (Å²) in [6.45, 7) is 2.09. The summed E-state index contributed by atoms with van der Waals surface area (Å²) in [5.74, 6) is 4.44. The fraction of sp³-hybridized carbons (Fsp3) is 0.385. The lowest BCUT2D eigenvalue weighted by molar-refractivity contribution is 0.250. The van der Waals surface area contributed by atoms with Crippen LogP contribution in [-0.2, 0) is 0 Å². The fourth-order valence-electron chi connectivity index (χ4n) is 4.79. The van der Waals surface area contributed by atoms with Crippen LogP contribution < -0.4 is 20.3 Å². The monoisotopic (exact) mass is 471 g/mol. The maximum atomic E-state index is 12.8. The minimum atomic E-state index is -0.242. The predicted octanol–water partition coefficient (Wildman–Crippen LogP) is 3.53. The van der Waals surface area contributed by atoms with Crippen molar-refractivity contribution < 1.29 is 9.53 Å². The van der Waals surface area contributed by atoms with Gasteiger partial charge in [0, 0.05) is 30.5 Å². The Bertz CT molecular complexity index is 1280. The molecular weight excluding hydrogens is 442 g/mol. The van der Waals surface area contributed by atoms with Crippen LogP contribution in [-0.4, -0.2) is 65.2 Å². The number of likely N-dealkylation sites (N-methyl/N-ethyl adjacent to an activating group) is 1. The second-order valence-corrected chi connectivity index (χ2v) is 9.33. The average Bonchev–Trinajstić information content (AvgIpc) is 3.45. The summed E-state index contributed by atoms with van der Waals surface area (Å²) in [4.78, 5) is 30.4. The summed E-state index contributed by atoms with van der Waals surface area (Å²) in [5, 5.41) is 6.87. The number of carbonyl (C=O) groups is 1. The van der Waals surface area contributed by atoms with Crippen molar-refractivity contribution in [2.45, 2.75) is 31.2 Å². The van der Waals surface area contributed by atoms with Crippen LogP contribution in [0, 0.1) is 12.3 Å². The molecule has 1 saturated carbocycles. The second kappa shape index (κ2) is 9.39. The first-order chi connectivity index (χ1) is 17.0. The first-order valence-electron chi connectivity index (χ1n) is 11.8. The van der Waals surface area contributed by atoms with E-state index >= 15 is 0 Å². The van der Waals surface area contributed by atoms with Gasteiger partial charge in [0.25, 0.3) is 0 Å². The third kappa shape index (κ3) is 4.57. The second-order valence-electron chi connectivity index (χ2n) is 9.33. The molecule has 1 aromatic carbocycles. The van der Waals surface area contributed by atoms with Gasteiger partial charge in [-0.1, -0.05) is 18.8 Å². The molecule has 1 spiro atoms. The molecule has 2 N–H and O–H groups in total. The summed E-state index contributed by atoms with van der Waals surface area (Å²) in [7, 11) is 4.02. The minimum absolute atomic E-state index is 0.137. The number of nitrogens with one attached hydrogen (secondary N) is 2. The van der Waals surface area contributed by atoms with Gasteiger partial charge in [0.15, 0.2) is 5.65 Å². The van der Waals surface area contributed by atoms with Gasteiger partial charge >= 0.3 is 6.03 Å². The molecule has 1 aliphatic heterocycles. The Morgan fingerprint density at radius 3 is 2.71 bits per heavy atom. The SMILES string of the molecule is C#Cc1cc(N2C(=O)NCC23CCCC3)nc2nc(Nc3ccc(OCCN(C)C)cc3)ncc12. The molecule has 0 radical (unpaired) electrons. The van der Waals surface area contributed by atoms with E-state index in [0.29, 0.717) is 41.5 Å². The van der Waals surface area contributed by atoms with E-state index in [-0.39, 0.29) is 11.6 Å². The number of amides is 2. The summed E-state index contributed by atoms with van der Waals surface area (Å²) < 4.78 is 5.75. The van der Waals surface area contributed by atoms with Crippen LogP contribution in [0.25, 0.3) is 11.0 Å². The molecule has 9 heteroatoms. The van der Waals surface area contributed by atoms with Crippen molar-refractivity contribution in [1.82, 2.24) is 25.2 Å². The number of anilines is 3. The van der Waals surface area contributed by atoms with Crippen LogP contribution in [0.15, 0.2) is 36.5 Å². The van der Waals surface area contributed by atoms with Crippen molar-refractivity contribution >= 4 is 34.5 Å². The Morgan fingerprint density at radius 2 is 2.00 bits per heavy atom. The van der Waals surface area contributed by atoms with Crippen LogP contribution in [0.5, 0.6) is 5.75 Å². The zero-order chi connectivity index (χ0) is 24.4. The standard InChI is InChI=1S/C26H29N7O2/c1-4-18-15-22(33-25(34)28-17-26(33)11-5-6-12-26)30-23-21(18)16-27-24(31-23)29-19-7-9-20(10-8-19)35-14-13-32(2)3/h1,7-10,15-16H,5-6,11-14,17H2,2-3H3,(H,28,34)(H,27,29,30,31). The molecule has 2 aromatic heterocycles. The molecule has 2 fully saturated rings. The summed E-state index contributed by atoms with van der Waals surface area (Å²) in [6.07, 6.45) is 11.6. The van der Waals surface area contributed by atoms with Gasteiger partial charge in [0.1, 0.15) is 18.2 Å². The first-order valence-corrected chi connectivity index (χ1v) is 11.8. The molecule has 5 rings (SSSR count). The number of hydrogen-bond donors (Lipinski definition) is 2. The average molecular weight is 472 g/mol. The number of hydrogen-bond acceptors (Lipinski definition) is 7. The Kier molecular flexibility index (Phi) is 6.14. The highest BCUT2D eigenvalue weighted by molar-refractivity contribution is 5.97. The van der Waals surface area contributed by atoms with Gasteiger partial charge in [-0.05, 0) is 57.3 Å². The summed E-state index contributed by atoms with van der Waals surface area (Å²) in [6, 6.07) is 9.28. The number of rotatable bonds is 7. The number of benzene rings is 1. The lowest BCUT2D eigenvalue weighted by Gasteiger charge is -2.32. The Morgan fingerprint density at radius 1 is 1.23 bits per heavy atom. The molecule has 0 unspecified atom stereocenters. The van der Waals surface area contributed by atoms with Gasteiger partial charge in [-0.25, -0.2) is 14.8 Å². The third-order valence-corrected chi connectivity index (χ3v) is 6.64. The zero-order valence-corrected chi connectivity index (χ0v) is 20.0. The summed E-state index contributed by atoms with van der Waals surface area (Å²) >= 11 is 0. The fourth-order valence-corrected chi connectivity index (χ4v) is 4.79. The number of terminal acetylenes is 1. The number of carbonyl (C=O) groups excluding carboxylic acids is 1. The molecule has 1 saturated heterocycles. The van der Waals surface area contributed by atoms with E-state index in [1.807, 2.05) is 38.4 Å². The molecule has 3 aromatic rings. The van der Waals surface area contributed by atoms with Crippen molar-refractivity contribution in [3.63, 3.8) is 0 Å². The molecule has 2 aliphatic rings. The quantitative estimate of drug-likeness (QED) is 0.509. The van der Waals surface area contributed by atoms with Crippen molar-refractivity contribution in [1.29, 1.82) is 0 Å². The van der Waals surface area contributed by atoms with Crippen LogP contribution in [0.4, 0.5) is 22.2 Å². The molecule has 1 aliphatic carbocycles. The van der Waals surface area contributed by atoms with Gasteiger partial charge in [-0.2, -0.15) is 4.98 Å². The van der Waals surface area contributed by atoms with Crippen molar-refractivity contribution in [3.8, 4) is 18.1 Å². The predicted molar refractivity (Wildman–Crippen MR) is 136 cm³/mol. The van der Waals surface area contributed by atoms with Crippen LogP contribution in [0.3, 0.4) is 0 Å². The van der Waals surface area contributed by atoms with Gasteiger partial charge < -0.3 is 20.3 Å². The minimum Gasteiger partial charge on any atom is -0.492 e. The highest BCUT2D eigenvalue weighted by atomic mass is 16.5. The van der Waals surface area contributed by atoms with Crippen molar-refractivity contribution in [2.75, 3.05) is 44.0 Å². The molecule has 0 atom stereocenters. The molecule has 0 bridgehead atoms. The molecular formula is C26H29N7O2. The highest BCUT2D eigenvalue weighted by Crippen LogP contribution is 2.40. The largest absolute Gasteiger partial charge is 0.492 e. The van der Waals surface area contributed by atoms with Gasteiger partial charge in [0.2, 0.25) is 5.95 Å². The number of fused-ring (bicyclic) bond motifs is 1. The lowest BCUT2D eigenvalue weighted by Crippen LogP contribution is -2.45. The van der Waals surface area contributed by atoms with E-state index < -0.39 is 0 Å². The highest BCUT2D eigenvalue weighted by Gasteiger charge is 2.48. The van der Waals surface area contributed by atoms with Gasteiger partial charge in [0.05, 0.1) is 10.9 Å². The normalized spacial score (nSPS) is 16.6. The van der Waals surface area contributed by atoms with Crippen molar-refractivity contribution in [2.24, 2.45) is 0 Å². The van der Waals surface area contributed by atoms with E-state index in [1.165, 1.54) is 0 Å². The van der Waals surface area contributed by atoms with E-state index in [2.05, 4.69) is 31.4 Å². The smallest absolute Gasteiger partial charge is 0.323 e. The Hall–Kier alpha value is -3.90. The lowest BCUT2D eigenvalue weighted by atomic mass is 9.97. The van der Waals surface area contributed by atoms with Crippen LogP contribution in [0.1, 0.15) is 31.2 Å². The van der Waals surface area contributed by atoms with E-state index in [9.17, 15) is 4.79 Å². The molecule has 3 heterocycles. The van der Waals surface area contributed by atoms with Crippen LogP contribution >= 0.6 is 0 Å².